The number of rotatable bonds is 5. The summed E-state index contributed by atoms with van der Waals surface area (Å²) in [5.41, 5.74) is 4.44. The van der Waals surface area contributed by atoms with E-state index in [1.165, 1.54) is 7.11 Å². The van der Waals surface area contributed by atoms with Crippen molar-refractivity contribution < 1.29 is 14.3 Å². The smallest absolute Gasteiger partial charge is 0.255 e. The predicted octanol–water partition coefficient (Wildman–Crippen LogP) is 2.72. The fourth-order valence-electron chi connectivity index (χ4n) is 2.68. The topological polar surface area (TPSA) is 85.2 Å². The Labute approximate surface area is 151 Å². The van der Waals surface area contributed by atoms with Gasteiger partial charge in [-0.1, -0.05) is 0 Å². The van der Waals surface area contributed by atoms with Crippen LogP contribution in [0.1, 0.15) is 15.9 Å². The molecule has 2 aromatic carbocycles. The van der Waals surface area contributed by atoms with E-state index in [0.717, 1.165) is 16.6 Å². The quantitative estimate of drug-likeness (QED) is 0.739. The van der Waals surface area contributed by atoms with E-state index in [9.17, 15) is 9.59 Å². The van der Waals surface area contributed by atoms with E-state index in [4.69, 9.17) is 4.74 Å². The molecule has 0 spiro atoms. The first kappa shape index (κ1) is 17.6. The summed E-state index contributed by atoms with van der Waals surface area (Å²) in [5.74, 6) is -0.441. The maximum Gasteiger partial charge on any atom is 0.255 e. The molecule has 1 heterocycles. The van der Waals surface area contributed by atoms with Gasteiger partial charge in [-0.2, -0.15) is 0 Å². The van der Waals surface area contributed by atoms with Crippen molar-refractivity contribution in [2.24, 2.45) is 7.05 Å². The average molecular weight is 352 g/mol. The maximum atomic E-state index is 12.5. The number of aromatic nitrogens is 2. The highest BCUT2D eigenvalue weighted by Crippen LogP contribution is 2.21. The van der Waals surface area contributed by atoms with Gasteiger partial charge in [0, 0.05) is 31.1 Å². The van der Waals surface area contributed by atoms with Gasteiger partial charge in [-0.3, -0.25) is 9.59 Å². The summed E-state index contributed by atoms with van der Waals surface area (Å²) in [7, 11) is 3.37. The molecule has 0 aliphatic heterocycles. The van der Waals surface area contributed by atoms with Crippen LogP contribution in [0.25, 0.3) is 11.0 Å². The molecule has 0 unspecified atom stereocenters. The zero-order valence-corrected chi connectivity index (χ0v) is 14.9. The van der Waals surface area contributed by atoms with Gasteiger partial charge in [0.05, 0.1) is 17.4 Å². The van der Waals surface area contributed by atoms with Crippen LogP contribution in [0.15, 0.2) is 42.7 Å². The fourth-order valence-corrected chi connectivity index (χ4v) is 2.68. The van der Waals surface area contributed by atoms with Crippen LogP contribution in [0.4, 0.5) is 11.4 Å². The number of carbonyl (C=O) groups excluding carboxylic acids is 2. The summed E-state index contributed by atoms with van der Waals surface area (Å²) >= 11 is 0. The molecule has 0 aliphatic carbocycles. The number of anilines is 2. The Kier molecular flexibility index (Phi) is 4.99. The maximum absolute atomic E-state index is 12.5. The van der Waals surface area contributed by atoms with E-state index < -0.39 is 0 Å². The second-order valence-electron chi connectivity index (χ2n) is 6.02. The monoisotopic (exact) mass is 352 g/mol. The molecule has 0 saturated heterocycles. The van der Waals surface area contributed by atoms with Gasteiger partial charge in [-0.25, -0.2) is 4.98 Å². The van der Waals surface area contributed by atoms with Gasteiger partial charge in [0.15, 0.2) is 0 Å². The zero-order chi connectivity index (χ0) is 18.7. The number of imidazole rings is 1. The van der Waals surface area contributed by atoms with Gasteiger partial charge in [0.1, 0.15) is 6.61 Å². The zero-order valence-electron chi connectivity index (χ0n) is 14.9. The Balaban J connectivity index is 1.74. The summed E-state index contributed by atoms with van der Waals surface area (Å²) < 4.78 is 6.70. The molecule has 2 amide bonds. The van der Waals surface area contributed by atoms with E-state index in [-0.39, 0.29) is 18.4 Å². The van der Waals surface area contributed by atoms with Crippen LogP contribution in [0.3, 0.4) is 0 Å². The molecule has 0 atom stereocenters. The minimum Gasteiger partial charge on any atom is -0.375 e. The van der Waals surface area contributed by atoms with Gasteiger partial charge in [0.2, 0.25) is 5.91 Å². The van der Waals surface area contributed by atoms with Crippen molar-refractivity contribution in [1.29, 1.82) is 0 Å². The van der Waals surface area contributed by atoms with Crippen molar-refractivity contribution in [2.45, 2.75) is 6.92 Å². The van der Waals surface area contributed by atoms with Crippen LogP contribution < -0.4 is 10.6 Å². The number of ether oxygens (including phenoxy) is 1. The second kappa shape index (κ2) is 7.37. The summed E-state index contributed by atoms with van der Waals surface area (Å²) in [4.78, 5) is 28.4. The van der Waals surface area contributed by atoms with Crippen molar-refractivity contribution in [3.8, 4) is 0 Å². The Morgan fingerprint density at radius 2 is 1.96 bits per heavy atom. The molecule has 0 radical (unpaired) electrons. The van der Waals surface area contributed by atoms with Gasteiger partial charge in [-0.05, 0) is 48.9 Å². The third-order valence-electron chi connectivity index (χ3n) is 4.02. The molecule has 3 rings (SSSR count). The lowest BCUT2D eigenvalue weighted by Gasteiger charge is -2.11. The number of fused-ring (bicyclic) bond motifs is 1. The number of aryl methyl sites for hydroxylation is 2. The van der Waals surface area contributed by atoms with E-state index in [1.807, 2.05) is 24.6 Å². The molecule has 0 fully saturated rings. The first-order valence-electron chi connectivity index (χ1n) is 8.10. The fraction of sp³-hybridized carbons (Fsp3) is 0.211. The number of benzene rings is 2. The Bertz CT molecular complexity index is 978. The summed E-state index contributed by atoms with van der Waals surface area (Å²) in [6.07, 6.45) is 1.71. The molecular weight excluding hydrogens is 332 g/mol. The van der Waals surface area contributed by atoms with Crippen LogP contribution in [-0.4, -0.2) is 35.1 Å². The number of carbonyl (C=O) groups is 2. The lowest BCUT2D eigenvalue weighted by molar-refractivity contribution is -0.119. The molecule has 0 bridgehead atoms. The second-order valence-corrected chi connectivity index (χ2v) is 6.02. The summed E-state index contributed by atoms with van der Waals surface area (Å²) in [5, 5.41) is 5.62. The minimum atomic E-state index is -0.226. The number of nitrogens with zero attached hydrogens (tertiary/aromatic N) is 2. The summed E-state index contributed by atoms with van der Waals surface area (Å²) in [6, 6.07) is 10.7. The number of methoxy groups -OCH3 is 1. The number of hydrogen-bond acceptors (Lipinski definition) is 4. The first-order valence-corrected chi connectivity index (χ1v) is 8.10. The Hall–Kier alpha value is -3.19. The number of nitrogens with one attached hydrogen (secondary N) is 2. The number of amides is 2. The van der Waals surface area contributed by atoms with Gasteiger partial charge >= 0.3 is 0 Å². The van der Waals surface area contributed by atoms with Gasteiger partial charge in [-0.15, -0.1) is 0 Å². The van der Waals surface area contributed by atoms with Gasteiger partial charge in [0.25, 0.3) is 5.91 Å². The van der Waals surface area contributed by atoms with E-state index in [2.05, 4.69) is 15.6 Å². The Morgan fingerprint density at radius 1 is 1.15 bits per heavy atom. The van der Waals surface area contributed by atoms with Crippen molar-refractivity contribution in [1.82, 2.24) is 9.55 Å². The SMILES string of the molecule is COCC(=O)Nc1ccc(NC(=O)c2ccc3c(c2)ncn3C)cc1C. The molecule has 7 heteroatoms. The lowest BCUT2D eigenvalue weighted by atomic mass is 10.1. The van der Waals surface area contributed by atoms with E-state index >= 15 is 0 Å². The van der Waals surface area contributed by atoms with E-state index in [1.54, 1.807) is 36.7 Å². The lowest BCUT2D eigenvalue weighted by Crippen LogP contribution is -2.18. The van der Waals surface area contributed by atoms with E-state index in [0.29, 0.717) is 16.9 Å². The molecular formula is C19H20N4O3. The molecule has 2 N–H and O–H groups in total. The van der Waals surface area contributed by atoms with Crippen LogP contribution >= 0.6 is 0 Å². The third kappa shape index (κ3) is 3.73. The third-order valence-corrected chi connectivity index (χ3v) is 4.02. The summed E-state index contributed by atoms with van der Waals surface area (Å²) in [6.45, 7) is 1.85. The first-order chi connectivity index (χ1) is 12.5. The largest absolute Gasteiger partial charge is 0.375 e. The van der Waals surface area contributed by atoms with Crippen LogP contribution in [0.5, 0.6) is 0 Å². The molecule has 1 aromatic heterocycles. The normalized spacial score (nSPS) is 10.7. The molecule has 26 heavy (non-hydrogen) atoms. The highest BCUT2D eigenvalue weighted by Gasteiger charge is 2.10. The molecule has 7 nitrogen and oxygen atoms in total. The standard InChI is InChI=1S/C19H20N4O3/c1-12-8-14(5-6-15(12)22-18(24)10-26-3)21-19(25)13-4-7-17-16(9-13)20-11-23(17)2/h4-9,11H,10H2,1-3H3,(H,21,25)(H,22,24). The van der Waals surface area contributed by atoms with Crippen molar-refractivity contribution in [2.75, 3.05) is 24.4 Å². The van der Waals surface area contributed by atoms with Crippen LogP contribution in [-0.2, 0) is 16.6 Å². The Morgan fingerprint density at radius 3 is 2.69 bits per heavy atom. The highest BCUT2D eigenvalue weighted by atomic mass is 16.5. The van der Waals surface area contributed by atoms with Crippen molar-refractivity contribution in [3.63, 3.8) is 0 Å². The minimum absolute atomic E-state index is 0.00603. The molecule has 0 saturated carbocycles. The van der Waals surface area contributed by atoms with Gasteiger partial charge < -0.3 is 19.9 Å². The molecule has 3 aromatic rings. The number of hydrogen-bond donors (Lipinski definition) is 2. The predicted molar refractivity (Wildman–Crippen MR) is 100 cm³/mol. The van der Waals surface area contributed by atoms with Crippen LogP contribution in [0.2, 0.25) is 0 Å². The van der Waals surface area contributed by atoms with Crippen molar-refractivity contribution >= 4 is 34.2 Å². The average Bonchev–Trinajstić information content (AvgIpc) is 2.98. The van der Waals surface area contributed by atoms with Crippen LogP contribution in [0, 0.1) is 6.92 Å². The highest BCUT2D eigenvalue weighted by molar-refractivity contribution is 6.06. The molecule has 0 aliphatic rings. The van der Waals surface area contributed by atoms with Crippen molar-refractivity contribution in [3.05, 3.63) is 53.9 Å². The molecule has 134 valence electrons.